The first-order chi connectivity index (χ1) is 20.3. The Balaban J connectivity index is 1.48. The van der Waals surface area contributed by atoms with Gasteiger partial charge in [-0.1, -0.05) is 54.9 Å². The van der Waals surface area contributed by atoms with Gasteiger partial charge in [0.1, 0.15) is 11.4 Å². The molecule has 1 unspecified atom stereocenters. The molecule has 214 valence electrons. The van der Waals surface area contributed by atoms with Crippen molar-refractivity contribution < 1.29 is 19.1 Å². The molecule has 0 aromatic heterocycles. The first-order valence-corrected chi connectivity index (χ1v) is 14.5. The second-order valence-corrected chi connectivity index (χ2v) is 10.9. The number of rotatable bonds is 11. The Hall–Kier alpha value is -4.53. The van der Waals surface area contributed by atoms with Gasteiger partial charge >= 0.3 is 0 Å². The van der Waals surface area contributed by atoms with E-state index in [9.17, 15) is 14.4 Å². The fraction of sp³-hybridized carbons (Fsp3) is 0.121. The van der Waals surface area contributed by atoms with Crippen LogP contribution in [0.15, 0.2) is 114 Å². The number of hydrogen-bond acceptors (Lipinski definition) is 5. The molecule has 0 aliphatic rings. The van der Waals surface area contributed by atoms with E-state index in [1.165, 1.54) is 11.8 Å². The molecular formula is C33H30ClN3O4S. The predicted octanol–water partition coefficient (Wildman–Crippen LogP) is 7.27. The zero-order chi connectivity index (χ0) is 29.9. The van der Waals surface area contributed by atoms with Crippen LogP contribution < -0.4 is 20.7 Å². The van der Waals surface area contributed by atoms with Gasteiger partial charge in [0.15, 0.2) is 0 Å². The van der Waals surface area contributed by atoms with Crippen molar-refractivity contribution in [1.82, 2.24) is 5.32 Å². The van der Waals surface area contributed by atoms with Crippen LogP contribution in [0.4, 0.5) is 11.4 Å². The maximum Gasteiger partial charge on any atom is 0.272 e. The Morgan fingerprint density at radius 1 is 0.857 bits per heavy atom. The van der Waals surface area contributed by atoms with Crippen molar-refractivity contribution in [3.05, 3.63) is 125 Å². The van der Waals surface area contributed by atoms with Crippen molar-refractivity contribution in [1.29, 1.82) is 0 Å². The molecule has 0 saturated heterocycles. The lowest BCUT2D eigenvalue weighted by molar-refractivity contribution is -0.116. The van der Waals surface area contributed by atoms with Crippen molar-refractivity contribution in [2.75, 3.05) is 17.7 Å². The van der Waals surface area contributed by atoms with E-state index in [4.69, 9.17) is 16.3 Å². The van der Waals surface area contributed by atoms with Crippen molar-refractivity contribution >= 4 is 58.5 Å². The number of carbonyl (C=O) groups is 3. The molecule has 9 heteroatoms. The molecule has 0 aliphatic heterocycles. The standard InChI is InChI=1S/C33H30ClN3O4S/c1-3-30(33(40)35-25-15-17-27(41-2)18-16-25)42-28-14-8-13-26(21-28)36-32(39)29(20-22-9-7-12-24(34)19-22)37-31(38)23-10-5-4-6-11-23/h4-21,30H,3H2,1-2H3,(H,35,40)(H,36,39)(H,37,38)/b29-20-. The van der Waals surface area contributed by atoms with E-state index in [0.29, 0.717) is 39.7 Å². The summed E-state index contributed by atoms with van der Waals surface area (Å²) < 4.78 is 5.17. The van der Waals surface area contributed by atoms with Crippen LogP contribution in [0.5, 0.6) is 5.75 Å². The SMILES string of the molecule is CCC(Sc1cccc(NC(=O)/C(=C/c2cccc(Cl)c2)NC(=O)c2ccccc2)c1)C(=O)Nc1ccc(OC)cc1. The number of nitrogens with one attached hydrogen (secondary N) is 3. The van der Waals surface area contributed by atoms with Gasteiger partial charge < -0.3 is 20.7 Å². The number of amides is 3. The lowest BCUT2D eigenvalue weighted by atomic mass is 10.1. The average molecular weight is 600 g/mol. The second-order valence-electron chi connectivity index (χ2n) is 9.15. The molecule has 3 N–H and O–H groups in total. The van der Waals surface area contributed by atoms with E-state index in [-0.39, 0.29) is 16.9 Å². The van der Waals surface area contributed by atoms with Gasteiger partial charge in [0.2, 0.25) is 5.91 Å². The van der Waals surface area contributed by atoms with Crippen LogP contribution >= 0.6 is 23.4 Å². The molecule has 0 spiro atoms. The predicted molar refractivity (Wildman–Crippen MR) is 170 cm³/mol. The maximum atomic E-state index is 13.4. The molecule has 42 heavy (non-hydrogen) atoms. The van der Waals surface area contributed by atoms with E-state index in [1.807, 2.05) is 19.1 Å². The van der Waals surface area contributed by atoms with Gasteiger partial charge in [-0.15, -0.1) is 11.8 Å². The molecule has 7 nitrogen and oxygen atoms in total. The lowest BCUT2D eigenvalue weighted by Gasteiger charge is -2.16. The highest BCUT2D eigenvalue weighted by Crippen LogP contribution is 2.29. The van der Waals surface area contributed by atoms with Crippen molar-refractivity contribution in [2.24, 2.45) is 0 Å². The Kier molecular flexibility index (Phi) is 10.8. The third kappa shape index (κ3) is 8.73. The van der Waals surface area contributed by atoms with E-state index in [1.54, 1.807) is 104 Å². The molecule has 3 amide bonds. The summed E-state index contributed by atoms with van der Waals surface area (Å²) in [5, 5.41) is 8.68. The number of benzene rings is 4. The lowest BCUT2D eigenvalue weighted by Crippen LogP contribution is -2.30. The summed E-state index contributed by atoms with van der Waals surface area (Å²) in [5.41, 5.74) is 2.31. The molecule has 0 aliphatic carbocycles. The molecule has 0 bridgehead atoms. The van der Waals surface area contributed by atoms with Crippen LogP contribution in [0.2, 0.25) is 5.02 Å². The Morgan fingerprint density at radius 2 is 1.60 bits per heavy atom. The van der Waals surface area contributed by atoms with E-state index >= 15 is 0 Å². The molecule has 4 aromatic carbocycles. The normalized spacial score (nSPS) is 11.7. The Morgan fingerprint density at radius 3 is 2.29 bits per heavy atom. The second kappa shape index (κ2) is 14.9. The van der Waals surface area contributed by atoms with Gasteiger partial charge in [-0.05, 0) is 84.8 Å². The summed E-state index contributed by atoms with van der Waals surface area (Å²) >= 11 is 7.54. The monoisotopic (exact) mass is 599 g/mol. The Bertz CT molecular complexity index is 1580. The van der Waals surface area contributed by atoms with Gasteiger partial charge in [-0.2, -0.15) is 0 Å². The third-order valence-corrected chi connectivity index (χ3v) is 7.67. The largest absolute Gasteiger partial charge is 0.497 e. The highest BCUT2D eigenvalue weighted by atomic mass is 35.5. The molecule has 4 aromatic rings. The van der Waals surface area contributed by atoms with Crippen LogP contribution in [0.1, 0.15) is 29.3 Å². The third-order valence-electron chi connectivity index (χ3n) is 6.08. The first-order valence-electron chi connectivity index (χ1n) is 13.2. The van der Waals surface area contributed by atoms with Crippen LogP contribution in [-0.4, -0.2) is 30.1 Å². The number of ether oxygens (including phenoxy) is 1. The zero-order valence-electron chi connectivity index (χ0n) is 23.1. The van der Waals surface area contributed by atoms with Crippen molar-refractivity contribution in [2.45, 2.75) is 23.5 Å². The van der Waals surface area contributed by atoms with Gasteiger partial charge in [0, 0.05) is 26.9 Å². The van der Waals surface area contributed by atoms with Crippen LogP contribution in [-0.2, 0) is 9.59 Å². The van der Waals surface area contributed by atoms with Gasteiger partial charge in [-0.25, -0.2) is 0 Å². The van der Waals surface area contributed by atoms with E-state index < -0.39 is 11.8 Å². The number of hydrogen-bond donors (Lipinski definition) is 3. The number of thioether (sulfide) groups is 1. The summed E-state index contributed by atoms with van der Waals surface area (Å²) in [7, 11) is 1.59. The molecule has 0 fully saturated rings. The molecule has 1 atom stereocenters. The Labute approximate surface area is 254 Å². The summed E-state index contributed by atoms with van der Waals surface area (Å²) in [6.07, 6.45) is 2.17. The zero-order valence-corrected chi connectivity index (χ0v) is 24.7. The highest BCUT2D eigenvalue weighted by molar-refractivity contribution is 8.00. The minimum absolute atomic E-state index is 0.0504. The molecule has 0 saturated carbocycles. The van der Waals surface area contributed by atoms with Crippen LogP contribution in [0.3, 0.4) is 0 Å². The highest BCUT2D eigenvalue weighted by Gasteiger charge is 2.19. The molecule has 0 heterocycles. The van der Waals surface area contributed by atoms with Crippen molar-refractivity contribution in [3.63, 3.8) is 0 Å². The fourth-order valence-corrected chi connectivity index (χ4v) is 5.15. The van der Waals surface area contributed by atoms with E-state index in [2.05, 4.69) is 16.0 Å². The smallest absolute Gasteiger partial charge is 0.272 e. The molecule has 0 radical (unpaired) electrons. The van der Waals surface area contributed by atoms with Crippen molar-refractivity contribution in [3.8, 4) is 5.75 Å². The number of anilines is 2. The minimum Gasteiger partial charge on any atom is -0.497 e. The molecule has 4 rings (SSSR count). The van der Waals surface area contributed by atoms with Crippen LogP contribution in [0.25, 0.3) is 6.08 Å². The summed E-state index contributed by atoms with van der Waals surface area (Å²) in [5.74, 6) is -0.348. The van der Waals surface area contributed by atoms with E-state index in [0.717, 1.165) is 4.90 Å². The maximum absolute atomic E-state index is 13.4. The summed E-state index contributed by atoms with van der Waals surface area (Å²) in [6.45, 7) is 1.94. The quantitative estimate of drug-likeness (QED) is 0.124. The van der Waals surface area contributed by atoms with Gasteiger partial charge in [0.05, 0.1) is 12.4 Å². The first kappa shape index (κ1) is 30.4. The fourth-order valence-electron chi connectivity index (χ4n) is 3.93. The number of halogens is 1. The number of methoxy groups -OCH3 is 1. The van der Waals surface area contributed by atoms with Gasteiger partial charge in [0.25, 0.3) is 11.8 Å². The van der Waals surface area contributed by atoms with Gasteiger partial charge in [-0.3, -0.25) is 14.4 Å². The average Bonchev–Trinajstić information content (AvgIpc) is 3.00. The summed E-state index contributed by atoms with van der Waals surface area (Å²) in [6, 6.07) is 30.0. The number of carbonyl (C=O) groups excluding carboxylic acids is 3. The topological polar surface area (TPSA) is 96.5 Å². The van der Waals surface area contributed by atoms with Crippen LogP contribution in [0, 0.1) is 0 Å². The molecular weight excluding hydrogens is 570 g/mol. The minimum atomic E-state index is -0.509. The summed E-state index contributed by atoms with van der Waals surface area (Å²) in [4.78, 5) is 40.1.